The minimum Gasteiger partial charge on any atom is -0.462 e. The molecule has 1 N–H and O–H groups in total. The van der Waals surface area contributed by atoms with Crippen molar-refractivity contribution in [1.82, 2.24) is 0 Å². The van der Waals surface area contributed by atoms with Crippen LogP contribution in [0.25, 0.3) is 0 Å². The summed E-state index contributed by atoms with van der Waals surface area (Å²) in [7, 11) is 0. The second-order valence-electron chi connectivity index (χ2n) is 5.28. The van der Waals surface area contributed by atoms with E-state index in [0.29, 0.717) is 17.8 Å². The van der Waals surface area contributed by atoms with E-state index in [2.05, 4.69) is 5.32 Å². The number of aryl methyl sites for hydroxylation is 1. The fraction of sp³-hybridized carbons (Fsp3) is 0.263. The third-order valence-corrected chi connectivity index (χ3v) is 3.54. The Morgan fingerprint density at radius 1 is 1.08 bits per heavy atom. The minimum absolute atomic E-state index is 0.283. The third-order valence-electron chi connectivity index (χ3n) is 3.54. The first-order valence-electron chi connectivity index (χ1n) is 7.98. The number of carbonyl (C=O) groups is 2. The largest absolute Gasteiger partial charge is 0.462 e. The van der Waals surface area contributed by atoms with E-state index < -0.39 is 5.97 Å². The van der Waals surface area contributed by atoms with Crippen molar-refractivity contribution in [1.29, 1.82) is 0 Å². The van der Waals surface area contributed by atoms with Gasteiger partial charge in [-0.05, 0) is 50.6 Å². The maximum absolute atomic E-state index is 12.7. The molecule has 0 aliphatic heterocycles. The summed E-state index contributed by atoms with van der Waals surface area (Å²) in [5.41, 5.74) is 2.66. The average Bonchev–Trinajstić information content (AvgIpc) is 2.56. The van der Waals surface area contributed by atoms with Gasteiger partial charge < -0.3 is 10.1 Å². The Labute approximate surface area is 142 Å². The number of hydrogen-bond donors (Lipinski definition) is 1. The highest BCUT2D eigenvalue weighted by atomic mass is 16.5. The molecule has 0 aromatic heterocycles. The first kappa shape index (κ1) is 17.5. The first-order valence-corrected chi connectivity index (χ1v) is 7.98. The molecular formula is C19H22N2O3. The van der Waals surface area contributed by atoms with E-state index >= 15 is 0 Å². The van der Waals surface area contributed by atoms with Crippen molar-refractivity contribution in [3.05, 3.63) is 59.7 Å². The van der Waals surface area contributed by atoms with Gasteiger partial charge in [0.25, 0.3) is 0 Å². The van der Waals surface area contributed by atoms with E-state index in [-0.39, 0.29) is 12.6 Å². The van der Waals surface area contributed by atoms with Crippen LogP contribution in [0.2, 0.25) is 0 Å². The van der Waals surface area contributed by atoms with Gasteiger partial charge >= 0.3 is 12.0 Å². The molecule has 0 saturated heterocycles. The zero-order valence-corrected chi connectivity index (χ0v) is 14.2. The van der Waals surface area contributed by atoms with E-state index in [1.165, 1.54) is 0 Å². The topological polar surface area (TPSA) is 58.6 Å². The van der Waals surface area contributed by atoms with Crippen LogP contribution < -0.4 is 10.2 Å². The maximum Gasteiger partial charge on any atom is 0.340 e. The Kier molecular flexibility index (Phi) is 5.95. The first-order chi connectivity index (χ1) is 11.6. The molecule has 2 aromatic rings. The lowest BCUT2D eigenvalue weighted by molar-refractivity contribution is 0.0527. The predicted molar refractivity (Wildman–Crippen MR) is 95.6 cm³/mol. The SMILES string of the molecule is CCOC(=O)c1ccccc1NC(=O)N(CC)c1cccc(C)c1. The van der Waals surface area contributed by atoms with Gasteiger partial charge in [0.1, 0.15) is 0 Å². The molecule has 2 amide bonds. The molecule has 0 unspecified atom stereocenters. The van der Waals surface area contributed by atoms with Gasteiger partial charge in [0.15, 0.2) is 0 Å². The summed E-state index contributed by atoms with van der Waals surface area (Å²) in [6, 6.07) is 14.2. The van der Waals surface area contributed by atoms with Crippen molar-refractivity contribution < 1.29 is 14.3 Å². The lowest BCUT2D eigenvalue weighted by Crippen LogP contribution is -2.35. The van der Waals surface area contributed by atoms with Crippen molar-refractivity contribution in [2.75, 3.05) is 23.4 Å². The van der Waals surface area contributed by atoms with Crippen molar-refractivity contribution in [2.24, 2.45) is 0 Å². The van der Waals surface area contributed by atoms with E-state index in [1.807, 2.05) is 38.1 Å². The molecule has 5 nitrogen and oxygen atoms in total. The number of hydrogen-bond acceptors (Lipinski definition) is 3. The van der Waals surface area contributed by atoms with Gasteiger partial charge in [-0.15, -0.1) is 0 Å². The Bertz CT molecular complexity index is 728. The summed E-state index contributed by atoms with van der Waals surface area (Å²) in [4.78, 5) is 26.3. The summed E-state index contributed by atoms with van der Waals surface area (Å²) in [6.45, 7) is 6.42. The fourth-order valence-electron chi connectivity index (χ4n) is 2.40. The number of nitrogens with one attached hydrogen (secondary N) is 1. The van der Waals surface area contributed by atoms with Gasteiger partial charge in [0.05, 0.1) is 17.9 Å². The van der Waals surface area contributed by atoms with Crippen molar-refractivity contribution in [3.8, 4) is 0 Å². The summed E-state index contributed by atoms with van der Waals surface area (Å²) < 4.78 is 5.03. The van der Waals surface area contributed by atoms with Crippen LogP contribution in [0.15, 0.2) is 48.5 Å². The molecule has 0 aliphatic carbocycles. The van der Waals surface area contributed by atoms with E-state index in [0.717, 1.165) is 11.3 Å². The minimum atomic E-state index is -0.452. The zero-order chi connectivity index (χ0) is 17.5. The van der Waals surface area contributed by atoms with Gasteiger partial charge in [-0.1, -0.05) is 24.3 Å². The van der Waals surface area contributed by atoms with Crippen LogP contribution in [0.4, 0.5) is 16.2 Å². The highest BCUT2D eigenvalue weighted by Gasteiger charge is 2.18. The van der Waals surface area contributed by atoms with Crippen LogP contribution in [0.1, 0.15) is 29.8 Å². The number of carbonyl (C=O) groups excluding carboxylic acids is 2. The molecule has 0 spiro atoms. The molecule has 126 valence electrons. The number of benzene rings is 2. The molecule has 0 bridgehead atoms. The van der Waals surface area contributed by atoms with E-state index in [4.69, 9.17) is 4.74 Å². The molecule has 0 fully saturated rings. The molecule has 0 saturated carbocycles. The highest BCUT2D eigenvalue weighted by Crippen LogP contribution is 2.20. The van der Waals surface area contributed by atoms with Gasteiger partial charge in [0, 0.05) is 12.2 Å². The second kappa shape index (κ2) is 8.15. The molecule has 24 heavy (non-hydrogen) atoms. The molecular weight excluding hydrogens is 304 g/mol. The van der Waals surface area contributed by atoms with Gasteiger partial charge in [0.2, 0.25) is 0 Å². The quantitative estimate of drug-likeness (QED) is 0.837. The molecule has 2 aromatic carbocycles. The van der Waals surface area contributed by atoms with Crippen LogP contribution >= 0.6 is 0 Å². The molecule has 0 radical (unpaired) electrons. The Balaban J connectivity index is 2.24. The van der Waals surface area contributed by atoms with E-state index in [9.17, 15) is 9.59 Å². The number of urea groups is 1. The average molecular weight is 326 g/mol. The maximum atomic E-state index is 12.7. The smallest absolute Gasteiger partial charge is 0.340 e. The number of anilines is 2. The Hall–Kier alpha value is -2.82. The van der Waals surface area contributed by atoms with Gasteiger partial charge in [-0.25, -0.2) is 9.59 Å². The number of rotatable bonds is 5. The van der Waals surface area contributed by atoms with Crippen LogP contribution in [0, 0.1) is 6.92 Å². The van der Waals surface area contributed by atoms with Crippen LogP contribution in [0.3, 0.4) is 0 Å². The highest BCUT2D eigenvalue weighted by molar-refractivity contribution is 6.06. The van der Waals surface area contributed by atoms with Crippen LogP contribution in [0.5, 0.6) is 0 Å². The molecule has 5 heteroatoms. The normalized spacial score (nSPS) is 10.1. The Morgan fingerprint density at radius 3 is 2.50 bits per heavy atom. The standard InChI is InChI=1S/C19H22N2O3/c1-4-21(15-10-8-9-14(3)13-15)19(23)20-17-12-7-6-11-16(17)18(22)24-5-2/h6-13H,4-5H2,1-3H3,(H,20,23). The number of esters is 1. The van der Waals surface area contributed by atoms with Crippen molar-refractivity contribution >= 4 is 23.4 Å². The predicted octanol–water partition coefficient (Wildman–Crippen LogP) is 4.23. The lowest BCUT2D eigenvalue weighted by atomic mass is 10.2. The van der Waals surface area contributed by atoms with Crippen molar-refractivity contribution in [3.63, 3.8) is 0 Å². The third kappa shape index (κ3) is 4.13. The number of ether oxygens (including phenoxy) is 1. The molecule has 0 aliphatic rings. The summed E-state index contributed by atoms with van der Waals surface area (Å²) in [6.07, 6.45) is 0. The summed E-state index contributed by atoms with van der Waals surface area (Å²) >= 11 is 0. The van der Waals surface area contributed by atoms with Crippen LogP contribution in [-0.4, -0.2) is 25.2 Å². The molecule has 2 rings (SSSR count). The zero-order valence-electron chi connectivity index (χ0n) is 14.2. The molecule has 0 heterocycles. The van der Waals surface area contributed by atoms with Crippen molar-refractivity contribution in [2.45, 2.75) is 20.8 Å². The second-order valence-corrected chi connectivity index (χ2v) is 5.28. The molecule has 0 atom stereocenters. The van der Waals surface area contributed by atoms with Gasteiger partial charge in [-0.2, -0.15) is 0 Å². The lowest BCUT2D eigenvalue weighted by Gasteiger charge is -2.22. The number of para-hydroxylation sites is 1. The fourth-order valence-corrected chi connectivity index (χ4v) is 2.40. The number of amides is 2. The van der Waals surface area contributed by atoms with Crippen LogP contribution in [-0.2, 0) is 4.74 Å². The number of nitrogens with zero attached hydrogens (tertiary/aromatic N) is 1. The van der Waals surface area contributed by atoms with E-state index in [1.54, 1.807) is 36.1 Å². The van der Waals surface area contributed by atoms with Gasteiger partial charge in [-0.3, -0.25) is 4.90 Å². The summed E-state index contributed by atoms with van der Waals surface area (Å²) in [5.74, 6) is -0.452. The monoisotopic (exact) mass is 326 g/mol. The Morgan fingerprint density at radius 2 is 1.83 bits per heavy atom. The summed E-state index contributed by atoms with van der Waals surface area (Å²) in [5, 5.41) is 2.80.